The van der Waals surface area contributed by atoms with E-state index in [2.05, 4.69) is 11.4 Å². The highest BCUT2D eigenvalue weighted by atomic mass is 32.2. The molecule has 18 heavy (non-hydrogen) atoms. The third kappa shape index (κ3) is 7.01. The van der Waals surface area contributed by atoms with Gasteiger partial charge in [0.1, 0.15) is 6.04 Å². The van der Waals surface area contributed by atoms with Gasteiger partial charge in [0.05, 0.1) is 17.2 Å². The topological polar surface area (TPSA) is 107 Å². The van der Waals surface area contributed by atoms with Crippen LogP contribution >= 0.6 is 0 Å². The van der Waals surface area contributed by atoms with Gasteiger partial charge in [-0.05, 0) is 20.3 Å². The van der Waals surface area contributed by atoms with Crippen molar-refractivity contribution in [1.82, 2.24) is 5.32 Å². The van der Waals surface area contributed by atoms with E-state index in [1.54, 1.807) is 13.8 Å². The zero-order chi connectivity index (χ0) is 14.3. The molecule has 0 fully saturated rings. The summed E-state index contributed by atoms with van der Waals surface area (Å²) in [6.07, 6.45) is 0.419. The summed E-state index contributed by atoms with van der Waals surface area (Å²) in [5.74, 6) is -1.59. The average Bonchev–Trinajstić information content (AvgIpc) is 2.25. The van der Waals surface area contributed by atoms with Gasteiger partial charge in [-0.1, -0.05) is 0 Å². The van der Waals surface area contributed by atoms with Crippen LogP contribution in [-0.4, -0.2) is 38.7 Å². The third-order valence-corrected chi connectivity index (χ3v) is 3.65. The van der Waals surface area contributed by atoms with Crippen LogP contribution in [0.2, 0.25) is 0 Å². The molecule has 0 aliphatic heterocycles. The molecule has 0 aromatic heterocycles. The van der Waals surface area contributed by atoms with Gasteiger partial charge in [0.15, 0.2) is 0 Å². The van der Waals surface area contributed by atoms with Crippen LogP contribution in [0.25, 0.3) is 0 Å². The van der Waals surface area contributed by atoms with Gasteiger partial charge in [-0.25, -0.2) is 4.79 Å². The van der Waals surface area contributed by atoms with E-state index >= 15 is 0 Å². The first-order valence-corrected chi connectivity index (χ1v) is 6.93. The van der Waals surface area contributed by atoms with Crippen LogP contribution in [-0.2, 0) is 20.4 Å². The van der Waals surface area contributed by atoms with Crippen molar-refractivity contribution in [3.8, 4) is 6.07 Å². The molecule has 0 radical (unpaired) electrons. The van der Waals surface area contributed by atoms with Crippen molar-refractivity contribution in [2.75, 3.05) is 11.5 Å². The molecule has 0 rings (SSSR count). The molecule has 6 nitrogen and oxygen atoms in total. The monoisotopic (exact) mass is 274 g/mol. The molecule has 2 atom stereocenters. The van der Waals surface area contributed by atoms with E-state index in [4.69, 9.17) is 10.4 Å². The fourth-order valence-electron chi connectivity index (χ4n) is 1.11. The van der Waals surface area contributed by atoms with Crippen molar-refractivity contribution in [2.24, 2.45) is 5.41 Å². The maximum absolute atomic E-state index is 11.7. The van der Waals surface area contributed by atoms with E-state index in [0.717, 1.165) is 0 Å². The summed E-state index contributed by atoms with van der Waals surface area (Å²) in [6, 6.07) is 0.940. The number of hydrogen-bond donors (Lipinski definition) is 2. The maximum Gasteiger partial charge on any atom is 0.327 e. The second-order valence-electron chi connectivity index (χ2n) is 4.65. The van der Waals surface area contributed by atoms with Gasteiger partial charge in [0.2, 0.25) is 5.91 Å². The van der Waals surface area contributed by atoms with E-state index in [1.165, 1.54) is 6.92 Å². The first-order valence-electron chi connectivity index (χ1n) is 5.44. The zero-order valence-electron chi connectivity index (χ0n) is 10.7. The molecule has 2 N–H and O–H groups in total. The Hall–Kier alpha value is -1.42. The van der Waals surface area contributed by atoms with Crippen molar-refractivity contribution in [3.05, 3.63) is 0 Å². The molecule has 0 saturated heterocycles. The molecule has 0 aliphatic carbocycles. The van der Waals surface area contributed by atoms with Gasteiger partial charge in [0.25, 0.3) is 0 Å². The summed E-state index contributed by atoms with van der Waals surface area (Å²) in [4.78, 5) is 21.6. The van der Waals surface area contributed by atoms with Crippen LogP contribution in [0.15, 0.2) is 0 Å². The summed E-state index contributed by atoms with van der Waals surface area (Å²) in [7, 11) is -1.38. The molecule has 102 valence electrons. The molecule has 0 bridgehead atoms. The molecule has 1 amide bonds. The van der Waals surface area contributed by atoms with Crippen LogP contribution in [0.1, 0.15) is 27.2 Å². The molecular weight excluding hydrogens is 256 g/mol. The Balaban J connectivity index is 4.32. The number of aliphatic carboxylic acids is 1. The lowest BCUT2D eigenvalue weighted by Crippen LogP contribution is -2.43. The molecule has 0 saturated carbocycles. The van der Waals surface area contributed by atoms with Crippen LogP contribution in [0, 0.1) is 16.7 Å². The number of carbonyl (C=O) groups excluding carboxylic acids is 1. The van der Waals surface area contributed by atoms with Crippen LogP contribution in [0.4, 0.5) is 0 Å². The van der Waals surface area contributed by atoms with E-state index in [-0.39, 0.29) is 11.5 Å². The molecule has 0 aromatic rings. The Morgan fingerprint density at radius 3 is 2.44 bits per heavy atom. The van der Waals surface area contributed by atoms with E-state index in [9.17, 15) is 13.8 Å². The number of amides is 1. The molecular formula is C11H18N2O4S. The summed E-state index contributed by atoms with van der Waals surface area (Å²) < 4.78 is 11.7. The Morgan fingerprint density at radius 1 is 1.50 bits per heavy atom. The minimum atomic E-state index is -1.38. The number of carbonyl (C=O) groups is 2. The Bertz CT molecular complexity index is 387. The predicted molar refractivity (Wildman–Crippen MR) is 67.1 cm³/mol. The second kappa shape index (κ2) is 7.11. The number of carboxylic acid groups (broad SMARTS) is 1. The highest BCUT2D eigenvalue weighted by Crippen LogP contribution is 2.18. The Labute approximate surface area is 109 Å². The summed E-state index contributed by atoms with van der Waals surface area (Å²) >= 11 is 0. The van der Waals surface area contributed by atoms with Gasteiger partial charge in [0, 0.05) is 23.5 Å². The Kier molecular flexibility index (Phi) is 6.55. The molecule has 0 spiro atoms. The van der Waals surface area contributed by atoms with Crippen molar-refractivity contribution in [3.63, 3.8) is 0 Å². The summed E-state index contributed by atoms with van der Waals surface area (Å²) in [5.41, 5.74) is -0.581. The largest absolute Gasteiger partial charge is 0.480 e. The fraction of sp³-hybridized carbons (Fsp3) is 0.727. The van der Waals surface area contributed by atoms with Crippen LogP contribution in [0.5, 0.6) is 0 Å². The number of nitriles is 1. The first-order chi connectivity index (χ1) is 8.18. The Morgan fingerprint density at radius 2 is 2.06 bits per heavy atom. The van der Waals surface area contributed by atoms with Gasteiger partial charge >= 0.3 is 5.97 Å². The summed E-state index contributed by atoms with van der Waals surface area (Å²) in [5, 5.41) is 19.9. The number of nitrogens with one attached hydrogen (secondary N) is 1. The number of hydrogen-bond acceptors (Lipinski definition) is 4. The van der Waals surface area contributed by atoms with Crippen LogP contribution < -0.4 is 5.32 Å². The maximum atomic E-state index is 11.7. The van der Waals surface area contributed by atoms with Crippen molar-refractivity contribution >= 4 is 22.7 Å². The van der Waals surface area contributed by atoms with Gasteiger partial charge in [-0.2, -0.15) is 5.26 Å². The highest BCUT2D eigenvalue weighted by molar-refractivity contribution is 7.85. The normalized spacial score (nSPS) is 14.3. The molecule has 7 heteroatoms. The molecule has 0 aromatic carbocycles. The lowest BCUT2D eigenvalue weighted by Gasteiger charge is -2.16. The van der Waals surface area contributed by atoms with Crippen molar-refractivity contribution in [2.45, 2.75) is 33.2 Å². The number of nitrogens with zero attached hydrogens (tertiary/aromatic N) is 1. The fourth-order valence-corrected chi connectivity index (χ4v) is 2.62. The minimum absolute atomic E-state index is 0.142. The zero-order valence-corrected chi connectivity index (χ0v) is 11.5. The van der Waals surface area contributed by atoms with Gasteiger partial charge in [-0.15, -0.1) is 0 Å². The number of rotatable bonds is 7. The van der Waals surface area contributed by atoms with Crippen LogP contribution in [0.3, 0.4) is 0 Å². The lowest BCUT2D eigenvalue weighted by molar-refractivity contribution is -0.140. The predicted octanol–water partition coefficient (Wildman–Crippen LogP) is 0.264. The lowest BCUT2D eigenvalue weighted by atomic mass is 9.93. The highest BCUT2D eigenvalue weighted by Gasteiger charge is 2.23. The molecule has 0 aliphatic rings. The van der Waals surface area contributed by atoms with Crippen molar-refractivity contribution < 1.29 is 18.9 Å². The average molecular weight is 274 g/mol. The van der Waals surface area contributed by atoms with Gasteiger partial charge in [-0.3, -0.25) is 9.00 Å². The SMILES string of the molecule is CC(=O)N[C@@H](CS(=O)CCC(C)(C)C#N)C(=O)O. The smallest absolute Gasteiger partial charge is 0.327 e. The van der Waals surface area contributed by atoms with E-state index < -0.39 is 34.1 Å². The standard InChI is InChI=1S/C11H18N2O4S/c1-8(14)13-9(10(15)16)6-18(17)5-4-11(2,3)7-12/h9H,4-6H2,1-3H3,(H,13,14)(H,15,16)/t9-,18?/m0/s1. The first kappa shape index (κ1) is 16.6. The number of carboxylic acids is 1. The molecule has 1 unspecified atom stereocenters. The van der Waals surface area contributed by atoms with E-state index in [1.807, 2.05) is 0 Å². The van der Waals surface area contributed by atoms with Crippen molar-refractivity contribution in [1.29, 1.82) is 5.26 Å². The van der Waals surface area contributed by atoms with Gasteiger partial charge < -0.3 is 10.4 Å². The quantitative estimate of drug-likeness (QED) is 0.692. The summed E-state index contributed by atoms with van der Waals surface area (Å²) in [6.45, 7) is 4.66. The third-order valence-electron chi connectivity index (χ3n) is 2.29. The molecule has 0 heterocycles. The van der Waals surface area contributed by atoms with E-state index in [0.29, 0.717) is 6.42 Å². The second-order valence-corrected chi connectivity index (χ2v) is 6.27. The minimum Gasteiger partial charge on any atom is -0.480 e.